The number of aromatic nitrogens is 3. The van der Waals surface area contributed by atoms with Crippen molar-refractivity contribution in [1.82, 2.24) is 14.6 Å². The van der Waals surface area contributed by atoms with Gasteiger partial charge in [0.05, 0.1) is 7.11 Å². The molecule has 4 nitrogen and oxygen atoms in total. The molecular weight excluding hydrogens is 259 g/mol. The predicted molar refractivity (Wildman–Crippen MR) is 62.0 cm³/mol. The molecule has 2 heterocycles. The van der Waals surface area contributed by atoms with E-state index in [-0.39, 0.29) is 5.65 Å². The number of halogens is 3. The van der Waals surface area contributed by atoms with Crippen molar-refractivity contribution in [2.75, 3.05) is 7.11 Å². The molecule has 3 aromatic rings. The summed E-state index contributed by atoms with van der Waals surface area (Å²) in [6, 6.07) is 6.72. The van der Waals surface area contributed by atoms with E-state index in [1.807, 2.05) is 0 Å². The quantitative estimate of drug-likeness (QED) is 0.680. The molecule has 1 aromatic carbocycles. The van der Waals surface area contributed by atoms with Gasteiger partial charge in [-0.2, -0.15) is 13.2 Å². The molecule has 0 atom stereocenters. The number of rotatable bonds is 1. The van der Waals surface area contributed by atoms with Crippen molar-refractivity contribution in [2.45, 2.75) is 6.18 Å². The molecule has 0 unspecified atom stereocenters. The van der Waals surface area contributed by atoms with Crippen LogP contribution >= 0.6 is 0 Å². The number of nitrogens with zero attached hydrogens (tertiary/aromatic N) is 3. The second kappa shape index (κ2) is 3.84. The number of fused-ring (bicyclic) bond motifs is 3. The van der Waals surface area contributed by atoms with E-state index >= 15 is 0 Å². The van der Waals surface area contributed by atoms with Gasteiger partial charge in [0.2, 0.25) is 5.82 Å². The van der Waals surface area contributed by atoms with Crippen LogP contribution in [0.2, 0.25) is 0 Å². The summed E-state index contributed by atoms with van der Waals surface area (Å²) in [6.45, 7) is 0. The van der Waals surface area contributed by atoms with Crippen molar-refractivity contribution in [1.29, 1.82) is 0 Å². The highest BCUT2D eigenvalue weighted by atomic mass is 19.4. The van der Waals surface area contributed by atoms with Gasteiger partial charge < -0.3 is 4.74 Å². The highest BCUT2D eigenvalue weighted by Gasteiger charge is 2.37. The lowest BCUT2D eigenvalue weighted by Gasteiger charge is -2.06. The van der Waals surface area contributed by atoms with Crippen molar-refractivity contribution < 1.29 is 17.9 Å². The van der Waals surface area contributed by atoms with Gasteiger partial charge in [-0.05, 0) is 23.6 Å². The zero-order valence-corrected chi connectivity index (χ0v) is 9.77. The fraction of sp³-hybridized carbons (Fsp3) is 0.167. The van der Waals surface area contributed by atoms with Crippen LogP contribution in [0.5, 0.6) is 5.75 Å². The van der Waals surface area contributed by atoms with E-state index in [2.05, 4.69) is 10.2 Å². The average molecular weight is 267 g/mol. The third-order valence-electron chi connectivity index (χ3n) is 2.85. The first-order valence-corrected chi connectivity index (χ1v) is 5.39. The van der Waals surface area contributed by atoms with Gasteiger partial charge in [-0.3, -0.25) is 4.40 Å². The molecule has 0 fully saturated rings. The molecule has 0 radical (unpaired) electrons. The zero-order chi connectivity index (χ0) is 13.6. The number of ether oxygens (including phenoxy) is 1. The minimum absolute atomic E-state index is 0.156. The van der Waals surface area contributed by atoms with Crippen LogP contribution in [-0.4, -0.2) is 21.7 Å². The number of methoxy groups -OCH3 is 1. The van der Waals surface area contributed by atoms with Crippen molar-refractivity contribution in [3.05, 3.63) is 36.3 Å². The Morgan fingerprint density at radius 2 is 1.95 bits per heavy atom. The molecule has 0 aliphatic carbocycles. The lowest BCUT2D eigenvalue weighted by Crippen LogP contribution is -2.10. The molecule has 7 heteroatoms. The van der Waals surface area contributed by atoms with E-state index in [1.165, 1.54) is 13.3 Å². The van der Waals surface area contributed by atoms with Crippen LogP contribution in [0.25, 0.3) is 16.4 Å². The van der Waals surface area contributed by atoms with Gasteiger partial charge in [0.25, 0.3) is 0 Å². The molecule has 0 N–H and O–H groups in total. The highest BCUT2D eigenvalue weighted by molar-refractivity contribution is 5.94. The van der Waals surface area contributed by atoms with Crippen LogP contribution in [0.15, 0.2) is 30.5 Å². The van der Waals surface area contributed by atoms with Gasteiger partial charge in [-0.15, -0.1) is 10.2 Å². The fourth-order valence-corrected chi connectivity index (χ4v) is 1.97. The summed E-state index contributed by atoms with van der Waals surface area (Å²) in [4.78, 5) is 0. The van der Waals surface area contributed by atoms with Crippen LogP contribution in [0.1, 0.15) is 5.82 Å². The summed E-state index contributed by atoms with van der Waals surface area (Å²) < 4.78 is 44.2. The Hall–Kier alpha value is -2.31. The van der Waals surface area contributed by atoms with Crippen LogP contribution in [0.3, 0.4) is 0 Å². The summed E-state index contributed by atoms with van der Waals surface area (Å²) in [5.41, 5.74) is 0.156. The van der Waals surface area contributed by atoms with Gasteiger partial charge in [0.15, 0.2) is 5.65 Å². The third kappa shape index (κ3) is 1.78. The molecule has 0 saturated carbocycles. The average Bonchev–Trinajstić information content (AvgIpc) is 2.82. The first-order chi connectivity index (χ1) is 9.00. The van der Waals surface area contributed by atoms with Crippen molar-refractivity contribution in [2.24, 2.45) is 0 Å². The van der Waals surface area contributed by atoms with E-state index in [0.717, 1.165) is 9.79 Å². The molecule has 19 heavy (non-hydrogen) atoms. The maximum absolute atomic E-state index is 12.7. The van der Waals surface area contributed by atoms with Gasteiger partial charge in [-0.1, -0.05) is 6.07 Å². The first kappa shape index (κ1) is 11.8. The molecule has 2 aromatic heterocycles. The second-order valence-corrected chi connectivity index (χ2v) is 3.98. The summed E-state index contributed by atoms with van der Waals surface area (Å²) >= 11 is 0. The molecule has 0 amide bonds. The Labute approximate surface area is 105 Å². The molecular formula is C12H8F3N3O. The Balaban J connectivity index is 2.37. The zero-order valence-electron chi connectivity index (χ0n) is 9.77. The third-order valence-corrected chi connectivity index (χ3v) is 2.85. The number of alkyl halides is 3. The molecule has 98 valence electrons. The summed E-state index contributed by atoms with van der Waals surface area (Å²) in [5.74, 6) is -0.482. The lowest BCUT2D eigenvalue weighted by atomic mass is 10.1. The molecule has 0 aliphatic rings. The number of pyridine rings is 1. The molecule has 0 saturated heterocycles. The maximum atomic E-state index is 12.7. The van der Waals surface area contributed by atoms with E-state index in [0.29, 0.717) is 11.1 Å². The number of hydrogen-bond acceptors (Lipinski definition) is 3. The minimum atomic E-state index is -4.54. The lowest BCUT2D eigenvalue weighted by molar-refractivity contribution is -0.145. The van der Waals surface area contributed by atoms with Gasteiger partial charge in [0.1, 0.15) is 5.75 Å². The van der Waals surface area contributed by atoms with E-state index in [4.69, 9.17) is 4.74 Å². The van der Waals surface area contributed by atoms with E-state index in [1.54, 1.807) is 24.3 Å². The number of benzene rings is 1. The largest absolute Gasteiger partial charge is 0.497 e. The van der Waals surface area contributed by atoms with E-state index < -0.39 is 12.0 Å². The fourth-order valence-electron chi connectivity index (χ4n) is 1.97. The van der Waals surface area contributed by atoms with Crippen molar-refractivity contribution >= 4 is 16.4 Å². The number of hydrogen-bond donors (Lipinski definition) is 0. The minimum Gasteiger partial charge on any atom is -0.497 e. The monoisotopic (exact) mass is 267 g/mol. The smallest absolute Gasteiger partial charge is 0.452 e. The maximum Gasteiger partial charge on any atom is 0.452 e. The molecule has 0 spiro atoms. The standard InChI is InChI=1S/C12H8F3N3O/c1-19-8-3-2-7-4-5-18-10(9(7)6-8)16-17-11(18)12(13,14)15/h2-6H,1H3. The summed E-state index contributed by atoms with van der Waals surface area (Å²) in [7, 11) is 1.49. The van der Waals surface area contributed by atoms with Crippen molar-refractivity contribution in [3.8, 4) is 5.75 Å². The van der Waals surface area contributed by atoms with Crippen molar-refractivity contribution in [3.63, 3.8) is 0 Å². The Morgan fingerprint density at radius 3 is 2.63 bits per heavy atom. The van der Waals surface area contributed by atoms with E-state index in [9.17, 15) is 13.2 Å². The first-order valence-electron chi connectivity index (χ1n) is 5.39. The molecule has 3 rings (SSSR count). The highest BCUT2D eigenvalue weighted by Crippen LogP contribution is 2.30. The van der Waals surface area contributed by atoms with Crippen LogP contribution in [0, 0.1) is 0 Å². The molecule has 0 bridgehead atoms. The Kier molecular flexibility index (Phi) is 2.38. The van der Waals surface area contributed by atoms with Gasteiger partial charge in [0, 0.05) is 11.6 Å². The predicted octanol–water partition coefficient (Wildman–Crippen LogP) is 2.91. The second-order valence-electron chi connectivity index (χ2n) is 3.98. The SMILES string of the molecule is COc1ccc2ccn3c(C(F)(F)F)nnc3c2c1. The molecule has 0 aliphatic heterocycles. The summed E-state index contributed by atoms with van der Waals surface area (Å²) in [5, 5.41) is 8.18. The van der Waals surface area contributed by atoms with Gasteiger partial charge >= 0.3 is 6.18 Å². The van der Waals surface area contributed by atoms with Crippen LogP contribution < -0.4 is 4.74 Å². The topological polar surface area (TPSA) is 39.4 Å². The van der Waals surface area contributed by atoms with Gasteiger partial charge in [-0.25, -0.2) is 0 Å². The normalized spacial score (nSPS) is 12.2. The van der Waals surface area contributed by atoms with Crippen LogP contribution in [-0.2, 0) is 6.18 Å². The Morgan fingerprint density at radius 1 is 1.16 bits per heavy atom. The van der Waals surface area contributed by atoms with Crippen LogP contribution in [0.4, 0.5) is 13.2 Å². The summed E-state index contributed by atoms with van der Waals surface area (Å²) in [6.07, 6.45) is -3.22. The Bertz CT molecular complexity index is 764.